The molecule has 0 saturated heterocycles. The van der Waals surface area contributed by atoms with Gasteiger partial charge in [0.1, 0.15) is 5.75 Å². The summed E-state index contributed by atoms with van der Waals surface area (Å²) in [5.41, 5.74) is 4.14. The molecule has 1 heterocycles. The molecule has 5 nitrogen and oxygen atoms in total. The summed E-state index contributed by atoms with van der Waals surface area (Å²) in [5, 5.41) is 0. The van der Waals surface area contributed by atoms with Crippen molar-refractivity contribution < 1.29 is 4.74 Å². The van der Waals surface area contributed by atoms with Crippen LogP contribution in [0.1, 0.15) is 37.3 Å². The molecule has 0 bridgehead atoms. The zero-order valence-corrected chi connectivity index (χ0v) is 12.0. The third kappa shape index (κ3) is 2.59. The molecule has 19 heavy (non-hydrogen) atoms. The molecule has 5 heteroatoms. The molecule has 1 fully saturated rings. The summed E-state index contributed by atoms with van der Waals surface area (Å²) in [6, 6.07) is 2.08. The lowest BCUT2D eigenvalue weighted by Gasteiger charge is -2.43. The van der Waals surface area contributed by atoms with Gasteiger partial charge in [-0.3, -0.25) is 16.3 Å². The smallest absolute Gasteiger partial charge is 0.137 e. The van der Waals surface area contributed by atoms with Crippen molar-refractivity contribution in [3.8, 4) is 5.75 Å². The Balaban J connectivity index is 2.36. The van der Waals surface area contributed by atoms with Crippen LogP contribution in [0.15, 0.2) is 18.5 Å². The van der Waals surface area contributed by atoms with Gasteiger partial charge in [0.2, 0.25) is 0 Å². The summed E-state index contributed by atoms with van der Waals surface area (Å²) in [7, 11) is 5.91. The van der Waals surface area contributed by atoms with Crippen LogP contribution in [0, 0.1) is 0 Å². The Kier molecular flexibility index (Phi) is 4.39. The fraction of sp³-hybridized carbons (Fsp3) is 0.643. The zero-order chi connectivity index (χ0) is 13.9. The second kappa shape index (κ2) is 5.86. The number of methoxy groups -OCH3 is 1. The van der Waals surface area contributed by atoms with E-state index in [1.165, 1.54) is 12.8 Å². The molecule has 3 N–H and O–H groups in total. The van der Waals surface area contributed by atoms with Gasteiger partial charge in [0, 0.05) is 11.7 Å². The molecule has 0 aromatic carbocycles. The Labute approximate surface area is 115 Å². The summed E-state index contributed by atoms with van der Waals surface area (Å²) in [4.78, 5) is 6.54. The number of aromatic nitrogens is 1. The minimum absolute atomic E-state index is 0.0583. The molecule has 1 aromatic heterocycles. The van der Waals surface area contributed by atoms with Crippen molar-refractivity contribution in [2.24, 2.45) is 5.84 Å². The number of hydrogen-bond donors (Lipinski definition) is 2. The van der Waals surface area contributed by atoms with Gasteiger partial charge in [-0.05, 0) is 38.6 Å². The van der Waals surface area contributed by atoms with Crippen molar-refractivity contribution in [2.75, 3.05) is 21.2 Å². The SMILES string of the molecule is COc1cncc(C(NN)C2(N(C)C)CCCC2)c1. The minimum Gasteiger partial charge on any atom is -0.495 e. The highest BCUT2D eigenvalue weighted by Gasteiger charge is 2.43. The van der Waals surface area contributed by atoms with Crippen molar-refractivity contribution in [1.29, 1.82) is 0 Å². The van der Waals surface area contributed by atoms with Crippen LogP contribution in [-0.4, -0.2) is 36.6 Å². The molecule has 2 rings (SSSR count). The highest BCUT2D eigenvalue weighted by atomic mass is 16.5. The Bertz CT molecular complexity index is 416. The van der Waals surface area contributed by atoms with Crippen molar-refractivity contribution in [3.63, 3.8) is 0 Å². The first-order chi connectivity index (χ1) is 9.14. The molecule has 0 aliphatic heterocycles. The standard InChI is InChI=1S/C14H24N4O/c1-18(2)14(6-4-5-7-14)13(17-15)11-8-12(19-3)10-16-9-11/h8-10,13,17H,4-7,15H2,1-3H3. The summed E-state index contributed by atoms with van der Waals surface area (Å²) < 4.78 is 5.26. The first kappa shape index (κ1) is 14.2. The van der Waals surface area contributed by atoms with Crippen LogP contribution in [0.3, 0.4) is 0 Å². The van der Waals surface area contributed by atoms with Crippen molar-refractivity contribution in [2.45, 2.75) is 37.3 Å². The van der Waals surface area contributed by atoms with E-state index in [4.69, 9.17) is 10.6 Å². The fourth-order valence-corrected chi connectivity index (χ4v) is 3.25. The third-order valence-corrected chi connectivity index (χ3v) is 4.37. The molecule has 1 unspecified atom stereocenters. The number of hydrazine groups is 1. The molecular formula is C14H24N4O. The molecule has 1 saturated carbocycles. The molecule has 106 valence electrons. The fourth-order valence-electron chi connectivity index (χ4n) is 3.25. The predicted molar refractivity (Wildman–Crippen MR) is 75.7 cm³/mol. The first-order valence-corrected chi connectivity index (χ1v) is 6.76. The van der Waals surface area contributed by atoms with Crippen LogP contribution in [0.25, 0.3) is 0 Å². The van der Waals surface area contributed by atoms with Crippen LogP contribution in [0.2, 0.25) is 0 Å². The van der Waals surface area contributed by atoms with Gasteiger partial charge in [-0.2, -0.15) is 0 Å². The molecule has 0 radical (unpaired) electrons. The third-order valence-electron chi connectivity index (χ3n) is 4.37. The number of ether oxygens (including phenoxy) is 1. The topological polar surface area (TPSA) is 63.4 Å². The summed E-state index contributed by atoms with van der Waals surface area (Å²) in [6.45, 7) is 0. The maximum absolute atomic E-state index is 5.85. The van der Waals surface area contributed by atoms with E-state index in [0.717, 1.165) is 24.2 Å². The molecule has 1 atom stereocenters. The Morgan fingerprint density at radius 1 is 1.37 bits per heavy atom. The van der Waals surface area contributed by atoms with Crippen LogP contribution >= 0.6 is 0 Å². The van der Waals surface area contributed by atoms with Gasteiger partial charge in [0.15, 0.2) is 0 Å². The maximum Gasteiger partial charge on any atom is 0.137 e. The Morgan fingerprint density at radius 2 is 2.05 bits per heavy atom. The van der Waals surface area contributed by atoms with Gasteiger partial charge in [0.05, 0.1) is 19.3 Å². The zero-order valence-electron chi connectivity index (χ0n) is 12.0. The lowest BCUT2D eigenvalue weighted by atomic mass is 9.83. The lowest BCUT2D eigenvalue weighted by Crippen LogP contribution is -2.53. The average molecular weight is 264 g/mol. The van der Waals surface area contributed by atoms with E-state index in [-0.39, 0.29) is 11.6 Å². The largest absolute Gasteiger partial charge is 0.495 e. The number of nitrogens with two attached hydrogens (primary N) is 1. The molecule has 1 aromatic rings. The van der Waals surface area contributed by atoms with Gasteiger partial charge in [0.25, 0.3) is 0 Å². The van der Waals surface area contributed by atoms with Crippen LogP contribution in [0.4, 0.5) is 0 Å². The van der Waals surface area contributed by atoms with Crippen LogP contribution in [-0.2, 0) is 0 Å². The molecule has 0 spiro atoms. The number of nitrogens with one attached hydrogen (secondary N) is 1. The van der Waals surface area contributed by atoms with E-state index in [0.29, 0.717) is 0 Å². The van der Waals surface area contributed by atoms with Gasteiger partial charge < -0.3 is 9.64 Å². The Morgan fingerprint density at radius 3 is 2.58 bits per heavy atom. The number of nitrogens with zero attached hydrogens (tertiary/aromatic N) is 2. The van der Waals surface area contributed by atoms with Crippen molar-refractivity contribution >= 4 is 0 Å². The van der Waals surface area contributed by atoms with Crippen molar-refractivity contribution in [3.05, 3.63) is 24.0 Å². The number of pyridine rings is 1. The molecule has 1 aliphatic carbocycles. The molecular weight excluding hydrogens is 240 g/mol. The van der Waals surface area contributed by atoms with E-state index < -0.39 is 0 Å². The Hall–Kier alpha value is -1.17. The summed E-state index contributed by atoms with van der Waals surface area (Å²) in [6.07, 6.45) is 8.37. The van der Waals surface area contributed by atoms with E-state index >= 15 is 0 Å². The number of rotatable bonds is 5. The van der Waals surface area contributed by atoms with E-state index in [1.807, 2.05) is 12.3 Å². The predicted octanol–water partition coefficient (Wildman–Crippen LogP) is 1.47. The van der Waals surface area contributed by atoms with Crippen LogP contribution < -0.4 is 16.0 Å². The lowest BCUT2D eigenvalue weighted by molar-refractivity contribution is 0.104. The summed E-state index contributed by atoms with van der Waals surface area (Å²) in [5.74, 6) is 6.62. The summed E-state index contributed by atoms with van der Waals surface area (Å²) >= 11 is 0. The molecule has 1 aliphatic rings. The van der Waals surface area contributed by atoms with Crippen LogP contribution in [0.5, 0.6) is 5.75 Å². The van der Waals surface area contributed by atoms with E-state index in [9.17, 15) is 0 Å². The highest BCUT2D eigenvalue weighted by Crippen LogP contribution is 2.43. The number of likely N-dealkylation sites (N-methyl/N-ethyl adjacent to an activating group) is 1. The van der Waals surface area contributed by atoms with Gasteiger partial charge in [-0.1, -0.05) is 12.8 Å². The van der Waals surface area contributed by atoms with E-state index in [1.54, 1.807) is 13.3 Å². The second-order valence-electron chi connectivity index (χ2n) is 5.46. The normalized spacial score (nSPS) is 19.6. The van der Waals surface area contributed by atoms with E-state index in [2.05, 4.69) is 29.4 Å². The highest BCUT2D eigenvalue weighted by molar-refractivity contribution is 5.29. The maximum atomic E-state index is 5.85. The number of hydrogen-bond acceptors (Lipinski definition) is 5. The van der Waals surface area contributed by atoms with Gasteiger partial charge in [-0.15, -0.1) is 0 Å². The molecule has 0 amide bonds. The monoisotopic (exact) mass is 264 g/mol. The quantitative estimate of drug-likeness (QED) is 0.623. The van der Waals surface area contributed by atoms with Gasteiger partial charge in [-0.25, -0.2) is 0 Å². The van der Waals surface area contributed by atoms with Gasteiger partial charge >= 0.3 is 0 Å². The first-order valence-electron chi connectivity index (χ1n) is 6.76. The van der Waals surface area contributed by atoms with Crippen molar-refractivity contribution in [1.82, 2.24) is 15.3 Å². The minimum atomic E-state index is 0.0583. The average Bonchev–Trinajstić information content (AvgIpc) is 2.90. The second-order valence-corrected chi connectivity index (χ2v) is 5.46.